The Labute approximate surface area is 139 Å². The molecule has 1 aliphatic heterocycles. The van der Waals surface area contributed by atoms with E-state index in [0.717, 1.165) is 5.56 Å². The van der Waals surface area contributed by atoms with Crippen LogP contribution in [0.4, 0.5) is 0 Å². The smallest absolute Gasteiger partial charge is 0.254 e. The molecule has 2 aromatic rings. The van der Waals surface area contributed by atoms with Crippen molar-refractivity contribution in [2.75, 3.05) is 13.2 Å². The number of benzene rings is 1. The first-order valence-corrected chi connectivity index (χ1v) is 7.78. The van der Waals surface area contributed by atoms with Crippen LogP contribution in [0.1, 0.15) is 16.8 Å². The van der Waals surface area contributed by atoms with Gasteiger partial charge in [0.25, 0.3) is 5.91 Å². The van der Waals surface area contributed by atoms with Crippen LogP contribution in [0.25, 0.3) is 11.4 Å². The van der Waals surface area contributed by atoms with E-state index in [-0.39, 0.29) is 12.5 Å². The van der Waals surface area contributed by atoms with E-state index in [9.17, 15) is 15.0 Å². The number of aliphatic hydroxyl groups is 2. The van der Waals surface area contributed by atoms with Crippen molar-refractivity contribution in [2.45, 2.75) is 24.7 Å². The zero-order valence-electron chi connectivity index (χ0n) is 13.0. The predicted molar refractivity (Wildman–Crippen MR) is 86.2 cm³/mol. The highest BCUT2D eigenvalue weighted by Crippen LogP contribution is 2.15. The molecule has 3 N–H and O–H groups in total. The molecule has 0 aliphatic carbocycles. The van der Waals surface area contributed by atoms with Crippen molar-refractivity contribution < 1.29 is 19.7 Å². The van der Waals surface area contributed by atoms with Crippen LogP contribution in [0.15, 0.2) is 42.7 Å². The highest BCUT2D eigenvalue weighted by molar-refractivity contribution is 5.93. The minimum Gasteiger partial charge on any atom is -0.390 e. The maximum absolute atomic E-state index is 12.1. The number of nitrogens with zero attached hydrogens (tertiary/aromatic N) is 2. The largest absolute Gasteiger partial charge is 0.390 e. The number of amides is 1. The number of aromatic nitrogens is 2. The van der Waals surface area contributed by atoms with Gasteiger partial charge in [-0.1, -0.05) is 30.3 Å². The summed E-state index contributed by atoms with van der Waals surface area (Å²) in [5, 5.41) is 22.1. The third-order valence-corrected chi connectivity index (χ3v) is 3.93. The maximum Gasteiger partial charge on any atom is 0.254 e. The van der Waals surface area contributed by atoms with E-state index in [1.54, 1.807) is 0 Å². The summed E-state index contributed by atoms with van der Waals surface area (Å²) in [6, 6.07) is 9.47. The molecular formula is C17H19N3O4. The van der Waals surface area contributed by atoms with E-state index >= 15 is 0 Å². The van der Waals surface area contributed by atoms with Crippen molar-refractivity contribution in [3.8, 4) is 11.4 Å². The number of carbonyl (C=O) groups is 1. The Morgan fingerprint density at radius 3 is 2.62 bits per heavy atom. The maximum atomic E-state index is 12.1. The van der Waals surface area contributed by atoms with Crippen LogP contribution in [0, 0.1) is 0 Å². The Morgan fingerprint density at radius 2 is 1.92 bits per heavy atom. The summed E-state index contributed by atoms with van der Waals surface area (Å²) >= 11 is 0. The molecule has 7 nitrogen and oxygen atoms in total. The zero-order chi connectivity index (χ0) is 16.9. The van der Waals surface area contributed by atoms with Crippen LogP contribution in [0.5, 0.6) is 0 Å². The molecule has 1 aliphatic rings. The second-order valence-corrected chi connectivity index (χ2v) is 5.63. The number of nitrogens with one attached hydrogen (secondary N) is 1. The molecule has 3 unspecified atom stereocenters. The van der Waals surface area contributed by atoms with Crippen LogP contribution < -0.4 is 5.32 Å². The van der Waals surface area contributed by atoms with Crippen LogP contribution in [0.2, 0.25) is 0 Å². The summed E-state index contributed by atoms with van der Waals surface area (Å²) in [5.74, 6) is 0.187. The average Bonchev–Trinajstić information content (AvgIpc) is 2.63. The number of aliphatic hydroxyl groups excluding tert-OH is 2. The molecule has 0 saturated carbocycles. The van der Waals surface area contributed by atoms with Gasteiger partial charge in [-0.3, -0.25) is 4.79 Å². The Hall–Kier alpha value is -2.35. The molecule has 3 rings (SSSR count). The first-order valence-electron chi connectivity index (χ1n) is 7.78. The summed E-state index contributed by atoms with van der Waals surface area (Å²) in [4.78, 5) is 20.5. The number of carbonyl (C=O) groups excluding carboxylic acids is 1. The molecule has 7 heteroatoms. The molecule has 1 saturated heterocycles. The molecular weight excluding hydrogens is 310 g/mol. The lowest BCUT2D eigenvalue weighted by atomic mass is 10.0. The van der Waals surface area contributed by atoms with Crippen molar-refractivity contribution in [3.05, 3.63) is 48.3 Å². The van der Waals surface area contributed by atoms with Crippen LogP contribution >= 0.6 is 0 Å². The zero-order valence-corrected chi connectivity index (χ0v) is 13.0. The molecule has 24 heavy (non-hydrogen) atoms. The van der Waals surface area contributed by atoms with E-state index < -0.39 is 18.3 Å². The van der Waals surface area contributed by atoms with E-state index in [2.05, 4.69) is 15.3 Å². The highest BCUT2D eigenvalue weighted by Gasteiger charge is 2.31. The summed E-state index contributed by atoms with van der Waals surface area (Å²) in [6.07, 6.45) is 0.850. The third kappa shape index (κ3) is 3.76. The third-order valence-electron chi connectivity index (χ3n) is 3.93. The predicted octanol–water partition coefficient (Wildman–Crippen LogP) is 0.384. The molecule has 3 atom stereocenters. The van der Waals surface area contributed by atoms with Crippen LogP contribution in [0.3, 0.4) is 0 Å². The van der Waals surface area contributed by atoms with Crippen molar-refractivity contribution in [2.24, 2.45) is 0 Å². The number of hydrogen-bond acceptors (Lipinski definition) is 6. The van der Waals surface area contributed by atoms with E-state index in [1.807, 2.05) is 30.3 Å². The van der Waals surface area contributed by atoms with Gasteiger partial charge in [-0.15, -0.1) is 0 Å². The topological polar surface area (TPSA) is 105 Å². The van der Waals surface area contributed by atoms with Gasteiger partial charge in [0.1, 0.15) is 12.2 Å². The van der Waals surface area contributed by atoms with Crippen LogP contribution in [-0.2, 0) is 4.74 Å². The van der Waals surface area contributed by atoms with Gasteiger partial charge in [-0.2, -0.15) is 0 Å². The first-order chi connectivity index (χ1) is 11.6. The van der Waals surface area contributed by atoms with Crippen molar-refractivity contribution in [1.29, 1.82) is 0 Å². The Bertz CT molecular complexity index is 678. The Morgan fingerprint density at radius 1 is 1.21 bits per heavy atom. The second kappa shape index (κ2) is 7.48. The minimum absolute atomic E-state index is 0.109. The lowest BCUT2D eigenvalue weighted by Gasteiger charge is -2.32. The molecule has 1 aromatic carbocycles. The molecule has 1 amide bonds. The normalized spacial score (nSPS) is 23.7. The fourth-order valence-electron chi connectivity index (χ4n) is 2.51. The van der Waals surface area contributed by atoms with Gasteiger partial charge in [0.2, 0.25) is 0 Å². The van der Waals surface area contributed by atoms with Gasteiger partial charge < -0.3 is 20.3 Å². The fraction of sp³-hybridized carbons (Fsp3) is 0.353. The average molecular weight is 329 g/mol. The minimum atomic E-state index is -1.00. The van der Waals surface area contributed by atoms with Gasteiger partial charge in [0.05, 0.1) is 11.7 Å². The second-order valence-electron chi connectivity index (χ2n) is 5.63. The lowest BCUT2D eigenvalue weighted by molar-refractivity contribution is -0.132. The van der Waals surface area contributed by atoms with E-state index in [0.29, 0.717) is 24.4 Å². The lowest BCUT2D eigenvalue weighted by Crippen LogP contribution is -2.49. The molecule has 0 bridgehead atoms. The Balaban J connectivity index is 1.59. The monoisotopic (exact) mass is 329 g/mol. The SMILES string of the molecule is O=C(NCC1OCCC(O)C1O)c1cnc(-c2ccccc2)nc1. The number of ether oxygens (including phenoxy) is 1. The highest BCUT2D eigenvalue weighted by atomic mass is 16.5. The molecule has 1 fully saturated rings. The van der Waals surface area contributed by atoms with Crippen LogP contribution in [-0.4, -0.2) is 57.6 Å². The molecule has 126 valence electrons. The Kier molecular flexibility index (Phi) is 5.14. The molecule has 0 spiro atoms. The van der Waals surface area contributed by atoms with Gasteiger partial charge in [0, 0.05) is 31.1 Å². The van der Waals surface area contributed by atoms with Gasteiger partial charge in [-0.05, 0) is 6.42 Å². The number of rotatable bonds is 4. The van der Waals surface area contributed by atoms with Crippen molar-refractivity contribution in [3.63, 3.8) is 0 Å². The van der Waals surface area contributed by atoms with Gasteiger partial charge in [0.15, 0.2) is 5.82 Å². The van der Waals surface area contributed by atoms with E-state index in [1.165, 1.54) is 12.4 Å². The quantitative estimate of drug-likeness (QED) is 0.749. The molecule has 0 radical (unpaired) electrons. The summed E-state index contributed by atoms with van der Waals surface area (Å²) in [5.41, 5.74) is 1.19. The van der Waals surface area contributed by atoms with Gasteiger partial charge >= 0.3 is 0 Å². The number of hydrogen-bond donors (Lipinski definition) is 3. The van der Waals surface area contributed by atoms with Crippen molar-refractivity contribution >= 4 is 5.91 Å². The molecule has 1 aromatic heterocycles. The summed E-state index contributed by atoms with van der Waals surface area (Å²) < 4.78 is 5.37. The first kappa shape index (κ1) is 16.5. The standard InChI is InChI=1S/C17H19N3O4/c21-13-6-7-24-14(15(13)22)10-20-17(23)12-8-18-16(19-9-12)11-4-2-1-3-5-11/h1-5,8-9,13-15,21-22H,6-7,10H2,(H,20,23). The summed E-state index contributed by atoms with van der Waals surface area (Å²) in [7, 11) is 0. The molecule has 2 heterocycles. The van der Waals surface area contributed by atoms with E-state index in [4.69, 9.17) is 4.74 Å². The summed E-state index contributed by atoms with van der Waals surface area (Å²) in [6.45, 7) is 0.463. The van der Waals surface area contributed by atoms with Crippen molar-refractivity contribution in [1.82, 2.24) is 15.3 Å². The fourth-order valence-corrected chi connectivity index (χ4v) is 2.51. The van der Waals surface area contributed by atoms with Gasteiger partial charge in [-0.25, -0.2) is 9.97 Å².